The monoisotopic (exact) mass is 876 g/mol. The topological polar surface area (TPSA) is 90.9 Å². The third-order valence-electron chi connectivity index (χ3n) is 13.6. The Morgan fingerprint density at radius 2 is 1.29 bits per heavy atom. The summed E-state index contributed by atoms with van der Waals surface area (Å²) < 4.78 is 55.4. The van der Waals surface area contributed by atoms with Crippen molar-refractivity contribution in [2.45, 2.75) is 165 Å². The van der Waals surface area contributed by atoms with Crippen LogP contribution in [0, 0.1) is 0 Å². The van der Waals surface area contributed by atoms with Gasteiger partial charge in [-0.2, -0.15) is 0 Å². The minimum atomic E-state index is -2.82. The van der Waals surface area contributed by atoms with Crippen LogP contribution in [0.5, 0.6) is 0 Å². The van der Waals surface area contributed by atoms with Crippen molar-refractivity contribution in [1.82, 2.24) is 0 Å². The SMILES string of the molecule is CC(C)(C)[Si]1(C(C)(C)C)OC[C@@]2(C)O[C@@]3(C)C/C=C\C(=O)[C@@H](C[C@H]4O[C@@H](COCc5ccccc5)[C@H](OCc5ccccc5)C[C@@H]4OCc4ccc5ccccc5c4)O[C@@H]3C[C@@H]2O1. The van der Waals surface area contributed by atoms with Crippen molar-refractivity contribution in [2.24, 2.45) is 0 Å². The first-order valence-corrected chi connectivity index (χ1v) is 24.8. The molecule has 0 saturated carbocycles. The molecule has 338 valence electrons. The first-order chi connectivity index (χ1) is 30.0. The number of ether oxygens (including phenoxy) is 6. The fourth-order valence-electron chi connectivity index (χ4n) is 10.4. The van der Waals surface area contributed by atoms with Gasteiger partial charge in [0.05, 0.1) is 69.2 Å². The molecule has 4 aliphatic heterocycles. The van der Waals surface area contributed by atoms with E-state index in [0.29, 0.717) is 52.3 Å². The summed E-state index contributed by atoms with van der Waals surface area (Å²) in [5, 5.41) is 1.94. The van der Waals surface area contributed by atoms with Crippen LogP contribution in [0.1, 0.15) is 97.8 Å². The van der Waals surface area contributed by atoms with E-state index in [1.807, 2.05) is 42.5 Å². The second-order valence-corrected chi connectivity index (χ2v) is 25.4. The lowest BCUT2D eigenvalue weighted by Gasteiger charge is -2.62. The molecule has 4 heterocycles. The Hall–Kier alpha value is -3.55. The Kier molecular flexibility index (Phi) is 13.7. The van der Waals surface area contributed by atoms with Gasteiger partial charge >= 0.3 is 8.56 Å². The molecule has 0 unspecified atom stereocenters. The van der Waals surface area contributed by atoms with Crippen LogP contribution in [0.3, 0.4) is 0 Å². The van der Waals surface area contributed by atoms with Crippen LogP contribution in [0.15, 0.2) is 115 Å². The van der Waals surface area contributed by atoms with Crippen molar-refractivity contribution in [3.05, 3.63) is 132 Å². The van der Waals surface area contributed by atoms with Crippen molar-refractivity contribution in [3.8, 4) is 0 Å². The maximum absolute atomic E-state index is 14.2. The third-order valence-corrected chi connectivity index (χ3v) is 18.7. The summed E-state index contributed by atoms with van der Waals surface area (Å²) in [4.78, 5) is 14.2. The number of rotatable bonds is 12. The number of carbonyl (C=O) groups excluding carboxylic acids is 1. The first-order valence-electron chi connectivity index (χ1n) is 22.9. The molecule has 3 fully saturated rings. The maximum atomic E-state index is 14.2. The van der Waals surface area contributed by atoms with Gasteiger partial charge in [-0.3, -0.25) is 4.79 Å². The van der Waals surface area contributed by atoms with Crippen molar-refractivity contribution < 1.29 is 42.1 Å². The quantitative estimate of drug-likeness (QED) is 0.129. The zero-order valence-electron chi connectivity index (χ0n) is 38.5. The summed E-state index contributed by atoms with van der Waals surface area (Å²) in [6.07, 6.45) is 2.38. The Labute approximate surface area is 376 Å². The highest BCUT2D eigenvalue weighted by Crippen LogP contribution is 2.57. The molecule has 4 aliphatic rings. The van der Waals surface area contributed by atoms with E-state index in [-0.39, 0.29) is 34.5 Å². The number of fused-ring (bicyclic) bond motifs is 3. The lowest BCUT2D eigenvalue weighted by molar-refractivity contribution is -0.298. The average molecular weight is 877 g/mol. The van der Waals surface area contributed by atoms with Crippen LogP contribution >= 0.6 is 0 Å². The predicted octanol–water partition coefficient (Wildman–Crippen LogP) is 10.8. The van der Waals surface area contributed by atoms with E-state index in [2.05, 4.69) is 122 Å². The first kappa shape index (κ1) is 46.0. The molecule has 0 spiro atoms. The van der Waals surface area contributed by atoms with Gasteiger partial charge in [0.2, 0.25) is 0 Å². The van der Waals surface area contributed by atoms with E-state index < -0.39 is 50.3 Å². The van der Waals surface area contributed by atoms with Gasteiger partial charge in [0.25, 0.3) is 0 Å². The minimum absolute atomic E-state index is 0.0948. The standard InChI is InChI=1S/C53H68O9Si/c1-50(2,3)63(51(4,5)6)58-36-53(8)49(61-63)31-48-52(7,62-53)27-17-24-42(54)43(60-48)29-46-44(57-34-39-25-26-40-22-15-16-23-41(40)28-39)30-45(56-33-38-20-13-10-14-21-38)47(59-46)35-55-32-37-18-11-9-12-19-37/h9-26,28,43-49H,27,29-36H2,1-8H3/b24-17-/t43-,44+,45-,46-,47+,48-,49+,52+,53-/m1/s1. The number of hydrogen-bond donors (Lipinski definition) is 0. The molecule has 10 heteroatoms. The van der Waals surface area contributed by atoms with Crippen LogP contribution in [-0.2, 0) is 61.9 Å². The normalized spacial score (nSPS) is 31.7. The van der Waals surface area contributed by atoms with Gasteiger partial charge in [0, 0.05) is 29.3 Å². The molecule has 0 amide bonds. The summed E-state index contributed by atoms with van der Waals surface area (Å²) in [6, 6.07) is 35.1. The molecule has 9 atom stereocenters. The smallest absolute Gasteiger partial charge is 0.349 e. The summed E-state index contributed by atoms with van der Waals surface area (Å²) in [7, 11) is -2.82. The number of ketones is 1. The number of benzene rings is 4. The van der Waals surface area contributed by atoms with E-state index >= 15 is 0 Å². The van der Waals surface area contributed by atoms with Crippen molar-refractivity contribution in [2.75, 3.05) is 13.2 Å². The molecule has 4 aromatic rings. The van der Waals surface area contributed by atoms with Crippen molar-refractivity contribution >= 4 is 25.1 Å². The Balaban J connectivity index is 1.07. The van der Waals surface area contributed by atoms with Gasteiger partial charge < -0.3 is 37.3 Å². The lowest BCUT2D eigenvalue weighted by atomic mass is 9.80. The van der Waals surface area contributed by atoms with Gasteiger partial charge in [-0.15, -0.1) is 0 Å². The summed E-state index contributed by atoms with van der Waals surface area (Å²) >= 11 is 0. The van der Waals surface area contributed by atoms with Gasteiger partial charge in [-0.25, -0.2) is 0 Å². The van der Waals surface area contributed by atoms with E-state index in [0.717, 1.165) is 22.1 Å². The number of carbonyl (C=O) groups is 1. The Bertz CT molecular complexity index is 2170. The van der Waals surface area contributed by atoms with Gasteiger partial charge in [-0.1, -0.05) is 145 Å². The van der Waals surface area contributed by atoms with Crippen LogP contribution in [0.2, 0.25) is 10.1 Å². The fourth-order valence-corrected chi connectivity index (χ4v) is 15.5. The van der Waals surface area contributed by atoms with Crippen LogP contribution < -0.4 is 0 Å². The summed E-state index contributed by atoms with van der Waals surface area (Å²) in [5.41, 5.74) is 1.82. The van der Waals surface area contributed by atoms with E-state index in [1.165, 1.54) is 5.39 Å². The molecule has 3 saturated heterocycles. The maximum Gasteiger partial charge on any atom is 0.349 e. The number of hydrogen-bond acceptors (Lipinski definition) is 9. The molecule has 0 radical (unpaired) electrons. The van der Waals surface area contributed by atoms with E-state index in [9.17, 15) is 4.79 Å². The van der Waals surface area contributed by atoms with Gasteiger partial charge in [-0.05, 0) is 59.9 Å². The van der Waals surface area contributed by atoms with Crippen LogP contribution in [0.25, 0.3) is 10.8 Å². The Morgan fingerprint density at radius 1 is 0.667 bits per heavy atom. The predicted molar refractivity (Wildman–Crippen MR) is 247 cm³/mol. The zero-order valence-corrected chi connectivity index (χ0v) is 39.5. The lowest BCUT2D eigenvalue weighted by Crippen LogP contribution is -2.73. The van der Waals surface area contributed by atoms with E-state index in [4.69, 9.17) is 37.3 Å². The highest BCUT2D eigenvalue weighted by Gasteiger charge is 2.67. The van der Waals surface area contributed by atoms with Crippen LogP contribution in [-0.4, -0.2) is 81.5 Å². The third kappa shape index (κ3) is 10.2. The molecule has 4 aromatic carbocycles. The van der Waals surface area contributed by atoms with Gasteiger partial charge in [0.15, 0.2) is 5.78 Å². The molecule has 9 nitrogen and oxygen atoms in total. The zero-order chi connectivity index (χ0) is 44.5. The summed E-state index contributed by atoms with van der Waals surface area (Å²) in [6.45, 7) is 19.6. The molecular weight excluding hydrogens is 809 g/mol. The highest BCUT2D eigenvalue weighted by molar-refractivity contribution is 6.73. The van der Waals surface area contributed by atoms with Crippen molar-refractivity contribution in [1.29, 1.82) is 0 Å². The molecule has 8 rings (SSSR count). The largest absolute Gasteiger partial charge is 0.390 e. The van der Waals surface area contributed by atoms with Crippen molar-refractivity contribution in [3.63, 3.8) is 0 Å². The molecule has 0 N–H and O–H groups in total. The second kappa shape index (κ2) is 18.7. The van der Waals surface area contributed by atoms with E-state index in [1.54, 1.807) is 6.08 Å². The second-order valence-electron chi connectivity index (χ2n) is 20.6. The fraction of sp³-hybridized carbons (Fsp3) is 0.528. The highest BCUT2D eigenvalue weighted by atomic mass is 28.4. The molecule has 0 bridgehead atoms. The molecule has 0 aliphatic carbocycles. The molecule has 63 heavy (non-hydrogen) atoms. The van der Waals surface area contributed by atoms with Gasteiger partial charge in [0.1, 0.15) is 17.8 Å². The minimum Gasteiger partial charge on any atom is -0.390 e. The Morgan fingerprint density at radius 3 is 1.97 bits per heavy atom. The summed E-state index contributed by atoms with van der Waals surface area (Å²) in [5.74, 6) is -0.0948. The average Bonchev–Trinajstić information content (AvgIpc) is 3.24. The van der Waals surface area contributed by atoms with Crippen LogP contribution in [0.4, 0.5) is 0 Å². The molecular formula is C53H68O9Si. The molecule has 0 aromatic heterocycles.